The molecule has 0 radical (unpaired) electrons. The third-order valence-corrected chi connectivity index (χ3v) is 5.22. The van der Waals surface area contributed by atoms with Crippen LogP contribution in [0.25, 0.3) is 0 Å². The van der Waals surface area contributed by atoms with Gasteiger partial charge < -0.3 is 14.5 Å². The predicted molar refractivity (Wildman–Crippen MR) is 84.8 cm³/mol. The Morgan fingerprint density at radius 1 is 1.43 bits per heavy atom. The number of sulfonamides is 1. The number of nitrogens with one attached hydrogen (secondary N) is 2. The van der Waals surface area contributed by atoms with Crippen molar-refractivity contribution < 1.29 is 22.4 Å². The molecular weight excluding hydrogens is 320 g/mol. The van der Waals surface area contributed by atoms with E-state index in [1.807, 2.05) is 13.8 Å². The van der Waals surface area contributed by atoms with Gasteiger partial charge in [0.1, 0.15) is 5.76 Å². The predicted octanol–water partition coefficient (Wildman–Crippen LogP) is 1.57. The standard InChI is InChI=1S/C15H24N2O5S/c1-10-12(8-13(21-10)23(19,20)16-4)14(18)17-9-11-6-5-7-15(2,3)22-11/h8,11,16H,5-7,9H2,1-4H3,(H,17,18). The van der Waals surface area contributed by atoms with Gasteiger partial charge in [-0.3, -0.25) is 4.79 Å². The van der Waals surface area contributed by atoms with Crippen LogP contribution in [0.2, 0.25) is 0 Å². The molecule has 1 amide bonds. The van der Waals surface area contributed by atoms with Crippen LogP contribution < -0.4 is 10.0 Å². The van der Waals surface area contributed by atoms with E-state index in [0.717, 1.165) is 19.3 Å². The highest BCUT2D eigenvalue weighted by molar-refractivity contribution is 7.89. The fourth-order valence-corrected chi connectivity index (χ4v) is 3.39. The van der Waals surface area contributed by atoms with Gasteiger partial charge in [-0.25, -0.2) is 13.1 Å². The molecule has 1 fully saturated rings. The summed E-state index contributed by atoms with van der Waals surface area (Å²) >= 11 is 0. The molecule has 0 bridgehead atoms. The highest BCUT2D eigenvalue weighted by Crippen LogP contribution is 2.27. The SMILES string of the molecule is CNS(=O)(=O)c1cc(C(=O)NCC2CCCC(C)(C)O2)c(C)o1. The van der Waals surface area contributed by atoms with Crippen molar-refractivity contribution in [2.45, 2.75) is 56.8 Å². The molecule has 23 heavy (non-hydrogen) atoms. The van der Waals surface area contributed by atoms with Gasteiger partial charge >= 0.3 is 0 Å². The van der Waals surface area contributed by atoms with Gasteiger partial charge in [0.25, 0.3) is 15.9 Å². The zero-order valence-electron chi connectivity index (χ0n) is 13.9. The number of carbonyl (C=O) groups is 1. The van der Waals surface area contributed by atoms with Crippen LogP contribution in [0.5, 0.6) is 0 Å². The molecule has 2 heterocycles. The summed E-state index contributed by atoms with van der Waals surface area (Å²) in [6.45, 7) is 6.02. The van der Waals surface area contributed by atoms with E-state index >= 15 is 0 Å². The third kappa shape index (κ3) is 4.33. The monoisotopic (exact) mass is 344 g/mol. The van der Waals surface area contributed by atoms with Gasteiger partial charge in [-0.05, 0) is 47.1 Å². The summed E-state index contributed by atoms with van der Waals surface area (Å²) in [6, 6.07) is 1.24. The van der Waals surface area contributed by atoms with Gasteiger partial charge in [-0.15, -0.1) is 0 Å². The van der Waals surface area contributed by atoms with Crippen LogP contribution >= 0.6 is 0 Å². The van der Waals surface area contributed by atoms with Crippen molar-refractivity contribution in [3.05, 3.63) is 17.4 Å². The number of furan rings is 1. The molecule has 130 valence electrons. The molecular formula is C15H24N2O5S. The van der Waals surface area contributed by atoms with Crippen molar-refractivity contribution >= 4 is 15.9 Å². The van der Waals surface area contributed by atoms with Crippen LogP contribution in [0.1, 0.15) is 49.2 Å². The van der Waals surface area contributed by atoms with Crippen molar-refractivity contribution in [2.24, 2.45) is 0 Å². The minimum atomic E-state index is -3.71. The fourth-order valence-electron chi connectivity index (χ4n) is 2.68. The molecule has 2 N–H and O–H groups in total. The first-order valence-electron chi connectivity index (χ1n) is 7.64. The molecule has 0 saturated carbocycles. The Morgan fingerprint density at radius 3 is 2.74 bits per heavy atom. The average molecular weight is 344 g/mol. The summed E-state index contributed by atoms with van der Waals surface area (Å²) in [5, 5.41) is 2.52. The maximum Gasteiger partial charge on any atom is 0.273 e. The van der Waals surface area contributed by atoms with Crippen molar-refractivity contribution in [3.63, 3.8) is 0 Å². The smallest absolute Gasteiger partial charge is 0.273 e. The Hall–Kier alpha value is -1.38. The minimum Gasteiger partial charge on any atom is -0.448 e. The summed E-state index contributed by atoms with van der Waals surface area (Å²) < 4.78 is 36.7. The Labute approximate surface area is 136 Å². The Morgan fingerprint density at radius 2 is 2.13 bits per heavy atom. The van der Waals surface area contributed by atoms with Crippen LogP contribution in [0.4, 0.5) is 0 Å². The molecule has 1 aliphatic rings. The van der Waals surface area contributed by atoms with Crippen LogP contribution in [0.3, 0.4) is 0 Å². The van der Waals surface area contributed by atoms with E-state index in [2.05, 4.69) is 10.0 Å². The molecule has 1 aromatic rings. The number of hydrogen-bond donors (Lipinski definition) is 2. The lowest BCUT2D eigenvalue weighted by Gasteiger charge is -2.36. The zero-order valence-corrected chi connectivity index (χ0v) is 14.7. The van der Waals surface area contributed by atoms with Gasteiger partial charge in [-0.1, -0.05) is 0 Å². The number of aryl methyl sites for hydroxylation is 1. The van der Waals surface area contributed by atoms with Crippen molar-refractivity contribution in [1.29, 1.82) is 0 Å². The van der Waals surface area contributed by atoms with Crippen LogP contribution in [-0.4, -0.2) is 39.6 Å². The second kappa shape index (κ2) is 6.62. The number of amides is 1. The molecule has 0 aliphatic carbocycles. The second-order valence-electron chi connectivity index (χ2n) is 6.34. The van der Waals surface area contributed by atoms with E-state index in [4.69, 9.17) is 9.15 Å². The molecule has 0 spiro atoms. The van der Waals surface area contributed by atoms with Crippen molar-refractivity contribution in [1.82, 2.24) is 10.0 Å². The van der Waals surface area contributed by atoms with Gasteiger partial charge in [0.15, 0.2) is 0 Å². The lowest BCUT2D eigenvalue weighted by atomic mass is 9.95. The largest absolute Gasteiger partial charge is 0.448 e. The molecule has 1 aliphatic heterocycles. The topological polar surface area (TPSA) is 97.6 Å². The third-order valence-electron chi connectivity index (χ3n) is 3.95. The minimum absolute atomic E-state index is 0.0320. The molecule has 0 aromatic carbocycles. The number of rotatable bonds is 5. The van der Waals surface area contributed by atoms with Crippen molar-refractivity contribution in [2.75, 3.05) is 13.6 Å². The van der Waals surface area contributed by atoms with Crippen LogP contribution in [0.15, 0.2) is 15.6 Å². The van der Waals surface area contributed by atoms with E-state index in [9.17, 15) is 13.2 Å². The summed E-state index contributed by atoms with van der Waals surface area (Å²) in [5.74, 6) is -0.1000. The lowest BCUT2D eigenvalue weighted by molar-refractivity contribution is -0.104. The number of carbonyl (C=O) groups excluding carboxylic acids is 1. The van der Waals surface area contributed by atoms with Crippen molar-refractivity contribution in [3.8, 4) is 0 Å². The highest BCUT2D eigenvalue weighted by Gasteiger charge is 2.29. The van der Waals surface area contributed by atoms with Crippen LogP contribution in [-0.2, 0) is 14.8 Å². The normalized spacial score (nSPS) is 21.1. The molecule has 1 saturated heterocycles. The van der Waals surface area contributed by atoms with E-state index < -0.39 is 10.0 Å². The van der Waals surface area contributed by atoms with Crippen LogP contribution in [0, 0.1) is 6.92 Å². The number of ether oxygens (including phenoxy) is 1. The molecule has 1 atom stereocenters. The summed E-state index contributed by atoms with van der Waals surface area (Å²) in [4.78, 5) is 12.3. The molecule has 1 aromatic heterocycles. The maximum absolute atomic E-state index is 12.3. The van der Waals surface area contributed by atoms with Gasteiger partial charge in [-0.2, -0.15) is 0 Å². The maximum atomic E-state index is 12.3. The van der Waals surface area contributed by atoms with Gasteiger partial charge in [0.2, 0.25) is 5.09 Å². The zero-order chi connectivity index (χ0) is 17.3. The second-order valence-corrected chi connectivity index (χ2v) is 8.16. The quantitative estimate of drug-likeness (QED) is 0.845. The van der Waals surface area contributed by atoms with E-state index in [-0.39, 0.29) is 34.0 Å². The molecule has 8 heteroatoms. The molecule has 2 rings (SSSR count). The summed E-state index contributed by atoms with van der Waals surface area (Å²) in [7, 11) is -2.42. The summed E-state index contributed by atoms with van der Waals surface area (Å²) in [5.41, 5.74) is 0.0432. The van der Waals surface area contributed by atoms with E-state index in [1.165, 1.54) is 13.1 Å². The molecule has 1 unspecified atom stereocenters. The Balaban J connectivity index is 2.01. The average Bonchev–Trinajstić information content (AvgIpc) is 2.86. The van der Waals surface area contributed by atoms with Gasteiger partial charge in [0.05, 0.1) is 17.3 Å². The Bertz CT molecular complexity index is 678. The Kier molecular flexibility index (Phi) is 5.17. The van der Waals surface area contributed by atoms with Gasteiger partial charge in [0, 0.05) is 12.6 Å². The lowest BCUT2D eigenvalue weighted by Crippen LogP contribution is -2.42. The summed E-state index contributed by atoms with van der Waals surface area (Å²) in [6.07, 6.45) is 2.93. The molecule has 7 nitrogen and oxygen atoms in total. The fraction of sp³-hybridized carbons (Fsp3) is 0.667. The first kappa shape index (κ1) is 18.0. The van der Waals surface area contributed by atoms with E-state index in [1.54, 1.807) is 6.92 Å². The number of hydrogen-bond acceptors (Lipinski definition) is 5. The first-order valence-corrected chi connectivity index (χ1v) is 9.13. The highest BCUT2D eigenvalue weighted by atomic mass is 32.2. The first-order chi connectivity index (χ1) is 10.6. The van der Waals surface area contributed by atoms with E-state index in [0.29, 0.717) is 6.54 Å².